The molecule has 3 rings (SSSR count). The number of nitrogens with zero attached hydrogens (tertiary/aromatic N) is 4. The van der Waals surface area contributed by atoms with Crippen molar-refractivity contribution < 1.29 is 13.5 Å². The van der Waals surface area contributed by atoms with E-state index in [4.69, 9.17) is 4.74 Å². The van der Waals surface area contributed by atoms with Gasteiger partial charge in [0, 0.05) is 44.0 Å². The van der Waals surface area contributed by atoms with E-state index in [1.807, 2.05) is 20.2 Å². The molecule has 1 N–H and O–H groups in total. The Morgan fingerprint density at radius 1 is 1.37 bits per heavy atom. The fraction of sp³-hybridized carbons (Fsp3) is 0.474. The van der Waals surface area contributed by atoms with E-state index in [0.29, 0.717) is 32.8 Å². The molecule has 1 aliphatic heterocycles. The third-order valence-electron chi connectivity index (χ3n) is 4.48. The van der Waals surface area contributed by atoms with E-state index in [0.717, 1.165) is 11.5 Å². The normalized spacial score (nSPS) is 18.0. The summed E-state index contributed by atoms with van der Waals surface area (Å²) in [6.07, 6.45) is 3.88. The van der Waals surface area contributed by atoms with Crippen molar-refractivity contribution in [3.8, 4) is 0 Å². The summed E-state index contributed by atoms with van der Waals surface area (Å²) in [5.74, 6) is -0.331. The van der Waals surface area contributed by atoms with Crippen LogP contribution in [0.1, 0.15) is 24.2 Å². The number of aliphatic imine (C=N–C) groups is 1. The van der Waals surface area contributed by atoms with Gasteiger partial charge in [-0.2, -0.15) is 5.10 Å². The van der Waals surface area contributed by atoms with Crippen LogP contribution in [0.4, 0.5) is 8.78 Å². The van der Waals surface area contributed by atoms with E-state index in [2.05, 4.69) is 20.3 Å². The summed E-state index contributed by atoms with van der Waals surface area (Å²) in [4.78, 5) is 6.68. The number of nitrogens with one attached hydrogen (secondary N) is 1. The molecular formula is C19H25F2N5O. The number of ether oxygens (including phenoxy) is 1. The van der Waals surface area contributed by atoms with Gasteiger partial charge < -0.3 is 15.0 Å². The van der Waals surface area contributed by atoms with Crippen molar-refractivity contribution >= 4 is 5.96 Å². The molecule has 6 nitrogen and oxygen atoms in total. The second kappa shape index (κ2) is 8.94. The highest BCUT2D eigenvalue weighted by molar-refractivity contribution is 5.80. The van der Waals surface area contributed by atoms with Gasteiger partial charge in [0.05, 0.1) is 19.3 Å². The van der Waals surface area contributed by atoms with Crippen molar-refractivity contribution in [1.29, 1.82) is 0 Å². The van der Waals surface area contributed by atoms with Crippen LogP contribution in [0, 0.1) is 11.6 Å². The van der Waals surface area contributed by atoms with Crippen LogP contribution >= 0.6 is 0 Å². The summed E-state index contributed by atoms with van der Waals surface area (Å²) in [6.45, 7) is 4.93. The zero-order valence-electron chi connectivity index (χ0n) is 15.7. The molecule has 146 valence electrons. The molecule has 27 heavy (non-hydrogen) atoms. The molecule has 0 saturated carbocycles. The number of rotatable bonds is 5. The molecule has 2 aromatic rings. The maximum Gasteiger partial charge on any atom is 0.194 e. The monoisotopic (exact) mass is 377 g/mol. The standard InChI is InChI=1S/C19H25F2N5O/c1-3-22-19(23-8-7-15-16(20)5-4-6-17(15)21)26-9-10-27-18(13-26)14-11-24-25(2)12-14/h4-6,11-12,18H,3,7-10,13H2,1-2H3,(H,22,23). The maximum atomic E-state index is 13.8. The topological polar surface area (TPSA) is 54.7 Å². The van der Waals surface area contributed by atoms with Gasteiger partial charge in [-0.15, -0.1) is 0 Å². The Hall–Kier alpha value is -2.48. The molecule has 8 heteroatoms. The Morgan fingerprint density at radius 3 is 2.81 bits per heavy atom. The molecular weight excluding hydrogens is 352 g/mol. The second-order valence-electron chi connectivity index (χ2n) is 6.44. The summed E-state index contributed by atoms with van der Waals surface area (Å²) in [7, 11) is 1.87. The molecule has 0 amide bonds. The third kappa shape index (κ3) is 4.82. The third-order valence-corrected chi connectivity index (χ3v) is 4.48. The Labute approximate surface area is 157 Å². The Bertz CT molecular complexity index is 772. The fourth-order valence-corrected chi connectivity index (χ4v) is 3.12. The highest BCUT2D eigenvalue weighted by Crippen LogP contribution is 2.21. The van der Waals surface area contributed by atoms with Crippen molar-refractivity contribution in [1.82, 2.24) is 20.0 Å². The van der Waals surface area contributed by atoms with E-state index in [1.165, 1.54) is 18.2 Å². The number of aromatic nitrogens is 2. The molecule has 0 spiro atoms. The van der Waals surface area contributed by atoms with Crippen molar-refractivity contribution in [2.24, 2.45) is 12.0 Å². The molecule has 1 aliphatic rings. The molecule has 1 aromatic heterocycles. The highest BCUT2D eigenvalue weighted by Gasteiger charge is 2.25. The van der Waals surface area contributed by atoms with Crippen LogP contribution in [0.5, 0.6) is 0 Å². The van der Waals surface area contributed by atoms with Gasteiger partial charge in [-0.25, -0.2) is 8.78 Å². The zero-order valence-corrected chi connectivity index (χ0v) is 15.7. The smallest absolute Gasteiger partial charge is 0.194 e. The lowest BCUT2D eigenvalue weighted by atomic mass is 10.1. The molecule has 0 radical (unpaired) electrons. The minimum Gasteiger partial charge on any atom is -0.370 e. The van der Waals surface area contributed by atoms with Crippen molar-refractivity contribution in [2.75, 3.05) is 32.8 Å². The molecule has 1 saturated heterocycles. The predicted molar refractivity (Wildman–Crippen MR) is 99.5 cm³/mol. The van der Waals surface area contributed by atoms with Gasteiger partial charge in [-0.1, -0.05) is 6.07 Å². The summed E-state index contributed by atoms with van der Waals surface area (Å²) >= 11 is 0. The van der Waals surface area contributed by atoms with Gasteiger partial charge in [-0.3, -0.25) is 9.67 Å². The summed E-state index contributed by atoms with van der Waals surface area (Å²) in [5.41, 5.74) is 1.10. The summed E-state index contributed by atoms with van der Waals surface area (Å²) in [5, 5.41) is 7.46. The minimum absolute atomic E-state index is 0.0762. The predicted octanol–water partition coefficient (Wildman–Crippen LogP) is 2.28. The lowest BCUT2D eigenvalue weighted by molar-refractivity contribution is -0.00803. The van der Waals surface area contributed by atoms with Crippen LogP contribution in [0.2, 0.25) is 0 Å². The first kappa shape index (κ1) is 19.3. The average molecular weight is 377 g/mol. The van der Waals surface area contributed by atoms with Crippen LogP contribution in [0.3, 0.4) is 0 Å². The first-order chi connectivity index (χ1) is 13.1. The number of guanidine groups is 1. The van der Waals surface area contributed by atoms with Gasteiger partial charge in [-0.05, 0) is 25.5 Å². The second-order valence-corrected chi connectivity index (χ2v) is 6.44. The van der Waals surface area contributed by atoms with Crippen LogP contribution in [-0.4, -0.2) is 53.4 Å². The largest absolute Gasteiger partial charge is 0.370 e. The van der Waals surface area contributed by atoms with Crippen molar-refractivity contribution in [2.45, 2.75) is 19.4 Å². The zero-order chi connectivity index (χ0) is 19.2. The first-order valence-electron chi connectivity index (χ1n) is 9.14. The van der Waals surface area contributed by atoms with Gasteiger partial charge >= 0.3 is 0 Å². The van der Waals surface area contributed by atoms with Crippen molar-refractivity contribution in [3.63, 3.8) is 0 Å². The molecule has 0 aliphatic carbocycles. The van der Waals surface area contributed by atoms with Gasteiger partial charge in [0.2, 0.25) is 0 Å². The van der Waals surface area contributed by atoms with Gasteiger partial charge in [0.25, 0.3) is 0 Å². The Balaban J connectivity index is 1.67. The SMILES string of the molecule is CCNC(=NCCc1c(F)cccc1F)N1CCOC(c2cnn(C)c2)C1. The number of hydrogen-bond donors (Lipinski definition) is 1. The van der Waals surface area contributed by atoms with Gasteiger partial charge in [0.15, 0.2) is 5.96 Å². The van der Waals surface area contributed by atoms with Crippen LogP contribution in [0.25, 0.3) is 0 Å². The maximum absolute atomic E-state index is 13.8. The quantitative estimate of drug-likeness (QED) is 0.642. The van der Waals surface area contributed by atoms with Crippen LogP contribution in [0.15, 0.2) is 35.6 Å². The van der Waals surface area contributed by atoms with Crippen LogP contribution < -0.4 is 5.32 Å². The molecule has 0 bridgehead atoms. The van der Waals surface area contributed by atoms with E-state index in [1.54, 1.807) is 10.9 Å². The minimum atomic E-state index is -0.529. The first-order valence-corrected chi connectivity index (χ1v) is 9.14. The molecule has 1 aromatic carbocycles. The number of halogens is 2. The van der Waals surface area contributed by atoms with Gasteiger partial charge in [0.1, 0.15) is 17.7 Å². The Kier molecular flexibility index (Phi) is 6.39. The van der Waals surface area contributed by atoms with E-state index < -0.39 is 11.6 Å². The molecule has 1 fully saturated rings. The fourth-order valence-electron chi connectivity index (χ4n) is 3.12. The summed E-state index contributed by atoms with van der Waals surface area (Å²) in [6, 6.07) is 3.91. The number of benzene rings is 1. The summed E-state index contributed by atoms with van der Waals surface area (Å²) < 4.78 is 35.2. The van der Waals surface area contributed by atoms with E-state index >= 15 is 0 Å². The molecule has 1 atom stereocenters. The van der Waals surface area contributed by atoms with Crippen molar-refractivity contribution in [3.05, 3.63) is 53.4 Å². The molecule has 2 heterocycles. The lowest BCUT2D eigenvalue weighted by Gasteiger charge is -2.34. The highest BCUT2D eigenvalue weighted by atomic mass is 19.1. The lowest BCUT2D eigenvalue weighted by Crippen LogP contribution is -2.48. The van der Waals surface area contributed by atoms with E-state index in [-0.39, 0.29) is 18.1 Å². The number of hydrogen-bond acceptors (Lipinski definition) is 3. The van der Waals surface area contributed by atoms with Crippen LogP contribution in [-0.2, 0) is 18.2 Å². The number of morpholine rings is 1. The Morgan fingerprint density at radius 2 is 2.15 bits per heavy atom. The molecule has 1 unspecified atom stereocenters. The van der Waals surface area contributed by atoms with E-state index in [9.17, 15) is 8.78 Å². The average Bonchev–Trinajstić information content (AvgIpc) is 3.10. The number of aryl methyl sites for hydroxylation is 1.